The maximum atomic E-state index is 4.99. The molecule has 9 nitrogen and oxygen atoms in total. The first kappa shape index (κ1) is 20.3. The van der Waals surface area contributed by atoms with Crippen LogP contribution in [0.25, 0.3) is 11.2 Å². The predicted octanol–water partition coefficient (Wildman–Crippen LogP) is 4.72. The molecule has 0 bridgehead atoms. The van der Waals surface area contributed by atoms with Crippen LogP contribution in [0.5, 0.6) is 0 Å². The minimum atomic E-state index is -0.254. The van der Waals surface area contributed by atoms with Crippen molar-refractivity contribution in [3.05, 3.63) is 83.8 Å². The Hall–Kier alpha value is -4.27. The quantitative estimate of drug-likeness (QED) is 0.399. The van der Waals surface area contributed by atoms with Crippen LogP contribution in [0.3, 0.4) is 0 Å². The number of hydrogen-bond acceptors (Lipinski definition) is 7. The van der Waals surface area contributed by atoms with Gasteiger partial charge in [0.05, 0.1) is 11.4 Å². The minimum Gasteiger partial charge on any atom is -0.279 e. The van der Waals surface area contributed by atoms with E-state index < -0.39 is 0 Å². The van der Waals surface area contributed by atoms with Crippen LogP contribution in [-0.4, -0.2) is 35.3 Å². The van der Waals surface area contributed by atoms with Gasteiger partial charge in [0.1, 0.15) is 11.3 Å². The fourth-order valence-corrected chi connectivity index (χ4v) is 4.63. The molecule has 9 heteroatoms. The van der Waals surface area contributed by atoms with Crippen molar-refractivity contribution in [2.24, 2.45) is 0 Å². The number of nitrogens with one attached hydrogen (secondary N) is 1. The molecule has 4 heterocycles. The van der Waals surface area contributed by atoms with Crippen molar-refractivity contribution in [2.75, 3.05) is 9.91 Å². The van der Waals surface area contributed by atoms with Crippen molar-refractivity contribution in [3.8, 4) is 0 Å². The molecule has 1 N–H and O–H groups in total. The first-order chi connectivity index (χ1) is 16.8. The zero-order chi connectivity index (χ0) is 23.1. The summed E-state index contributed by atoms with van der Waals surface area (Å²) in [7, 11) is 0. The van der Waals surface area contributed by atoms with Gasteiger partial charge in [0.2, 0.25) is 0 Å². The van der Waals surface area contributed by atoms with Gasteiger partial charge in [-0.05, 0) is 48.4 Å². The Morgan fingerprint density at radius 1 is 0.971 bits per heavy atom. The van der Waals surface area contributed by atoms with Crippen molar-refractivity contribution in [1.29, 1.82) is 0 Å². The van der Waals surface area contributed by atoms with Crippen molar-refractivity contribution in [1.82, 2.24) is 35.3 Å². The van der Waals surface area contributed by atoms with Gasteiger partial charge < -0.3 is 0 Å². The number of aromatic amines is 1. The van der Waals surface area contributed by atoms with Crippen molar-refractivity contribution < 1.29 is 0 Å². The second kappa shape index (κ2) is 8.26. The summed E-state index contributed by atoms with van der Waals surface area (Å²) in [6.45, 7) is 4.29. The molecule has 5 aromatic rings. The number of anilines is 3. The van der Waals surface area contributed by atoms with Crippen LogP contribution in [0.15, 0.2) is 66.9 Å². The summed E-state index contributed by atoms with van der Waals surface area (Å²) in [4.78, 5) is 11.8. The number of pyridine rings is 1. The molecule has 170 valence electrons. The number of aromatic nitrogens is 7. The number of tetrazole rings is 1. The van der Waals surface area contributed by atoms with Crippen LogP contribution in [0.4, 0.5) is 17.3 Å². The Labute approximate surface area is 197 Å². The van der Waals surface area contributed by atoms with E-state index in [0.29, 0.717) is 5.95 Å². The zero-order valence-corrected chi connectivity index (χ0v) is 19.1. The number of nitrogens with zero attached hydrogens (tertiary/aromatic N) is 8. The smallest absolute Gasteiger partial charge is 0.272 e. The third-order valence-corrected chi connectivity index (χ3v) is 6.22. The van der Waals surface area contributed by atoms with Crippen molar-refractivity contribution in [2.45, 2.75) is 39.3 Å². The molecule has 34 heavy (non-hydrogen) atoms. The largest absolute Gasteiger partial charge is 0.279 e. The molecule has 3 aromatic heterocycles. The lowest BCUT2D eigenvalue weighted by Crippen LogP contribution is -2.38. The fourth-order valence-electron chi connectivity index (χ4n) is 4.63. The van der Waals surface area contributed by atoms with Gasteiger partial charge in [0.25, 0.3) is 5.95 Å². The van der Waals surface area contributed by atoms with E-state index in [9.17, 15) is 0 Å². The molecule has 1 aliphatic rings. The molecular formula is C25H25N9. The average molecular weight is 452 g/mol. The number of H-pyrrole nitrogens is 1. The minimum absolute atomic E-state index is 0.254. The molecule has 1 aliphatic heterocycles. The van der Waals surface area contributed by atoms with Gasteiger partial charge in [-0.2, -0.15) is 5.21 Å². The molecule has 0 saturated carbocycles. The molecule has 0 radical (unpaired) electrons. The highest BCUT2D eigenvalue weighted by atomic mass is 15.7. The Kier molecular flexibility index (Phi) is 4.94. The number of rotatable bonds is 6. The van der Waals surface area contributed by atoms with E-state index in [1.165, 1.54) is 5.56 Å². The fraction of sp³-hybridized carbons (Fsp3) is 0.240. The van der Waals surface area contributed by atoms with E-state index in [-0.39, 0.29) is 6.17 Å². The van der Waals surface area contributed by atoms with Crippen molar-refractivity contribution in [3.63, 3.8) is 0 Å². The summed E-state index contributed by atoms with van der Waals surface area (Å²) in [5.41, 5.74) is 6.04. The Bertz CT molecular complexity index is 1420. The highest BCUT2D eigenvalue weighted by Gasteiger charge is 2.42. The van der Waals surface area contributed by atoms with Crippen LogP contribution < -0.4 is 9.91 Å². The third-order valence-electron chi connectivity index (χ3n) is 6.22. The lowest BCUT2D eigenvalue weighted by molar-refractivity contribution is 0.567. The molecule has 0 spiro atoms. The molecule has 1 atom stereocenters. The summed E-state index contributed by atoms with van der Waals surface area (Å²) in [5.74, 6) is 1.49. The molecule has 0 aliphatic carbocycles. The highest BCUT2D eigenvalue weighted by molar-refractivity contribution is 5.84. The van der Waals surface area contributed by atoms with Crippen LogP contribution in [-0.2, 0) is 6.42 Å². The molecule has 0 saturated heterocycles. The number of imidazole rings is 1. The first-order valence-corrected chi connectivity index (χ1v) is 11.6. The average Bonchev–Trinajstić information content (AvgIpc) is 3.59. The molecule has 1 unspecified atom stereocenters. The number of unbranched alkanes of at least 4 members (excludes halogenated alkanes) is 1. The number of fused-ring (bicyclic) bond motifs is 2. The standard InChI is InChI=1S/C25H25N9/c1-3-4-11-22-27-19-8-7-16-26-23(19)34(22)33-21-10-6-5-9-20(21)32(25-28-30-31-29-25)24(33)18-14-12-17(2)13-15-18/h5-10,12-16,24H,3-4,11H2,1-2H3,(H,28,29,30,31). The summed E-state index contributed by atoms with van der Waals surface area (Å²) in [5, 5.41) is 17.4. The molecule has 6 rings (SSSR count). The lowest BCUT2D eigenvalue weighted by Gasteiger charge is -2.33. The monoisotopic (exact) mass is 451 g/mol. The second-order valence-corrected chi connectivity index (χ2v) is 8.49. The molecule has 0 fully saturated rings. The number of aryl methyl sites for hydroxylation is 2. The maximum absolute atomic E-state index is 4.99. The van der Waals surface area contributed by atoms with Gasteiger partial charge in [0.15, 0.2) is 11.8 Å². The van der Waals surface area contributed by atoms with Gasteiger partial charge in [-0.1, -0.05) is 60.4 Å². The number of hydrogen-bond donors (Lipinski definition) is 1. The van der Waals surface area contributed by atoms with Crippen LogP contribution in [0, 0.1) is 6.92 Å². The van der Waals surface area contributed by atoms with Gasteiger partial charge >= 0.3 is 0 Å². The van der Waals surface area contributed by atoms with E-state index in [0.717, 1.165) is 53.2 Å². The SMILES string of the molecule is CCCCc1nc2cccnc2n1N1c2ccccc2N(c2nn[nH]n2)C1c1ccc(C)cc1. The van der Waals surface area contributed by atoms with Crippen LogP contribution >= 0.6 is 0 Å². The molecule has 2 aromatic carbocycles. The van der Waals surface area contributed by atoms with Crippen LogP contribution in [0.1, 0.15) is 42.9 Å². The van der Waals surface area contributed by atoms with E-state index in [1.54, 1.807) is 0 Å². The highest BCUT2D eigenvalue weighted by Crippen LogP contribution is 2.50. The maximum Gasteiger partial charge on any atom is 0.272 e. The Morgan fingerprint density at radius 2 is 1.79 bits per heavy atom. The van der Waals surface area contributed by atoms with E-state index in [2.05, 4.69) is 91.5 Å². The normalized spacial score (nSPS) is 15.3. The molecular weight excluding hydrogens is 426 g/mol. The summed E-state index contributed by atoms with van der Waals surface area (Å²) < 4.78 is 2.18. The van der Waals surface area contributed by atoms with Gasteiger partial charge in [-0.25, -0.2) is 19.7 Å². The van der Waals surface area contributed by atoms with Crippen LogP contribution in [0.2, 0.25) is 0 Å². The number of para-hydroxylation sites is 2. The van der Waals surface area contributed by atoms with Gasteiger partial charge in [-0.3, -0.25) is 4.90 Å². The number of benzene rings is 2. The Balaban J connectivity index is 1.63. The van der Waals surface area contributed by atoms with Gasteiger partial charge in [0, 0.05) is 12.6 Å². The Morgan fingerprint density at radius 3 is 2.56 bits per heavy atom. The predicted molar refractivity (Wildman–Crippen MR) is 131 cm³/mol. The topological polar surface area (TPSA) is 91.7 Å². The summed E-state index contributed by atoms with van der Waals surface area (Å²) in [6.07, 6.45) is 4.56. The molecule has 0 amide bonds. The lowest BCUT2D eigenvalue weighted by atomic mass is 10.1. The summed E-state index contributed by atoms with van der Waals surface area (Å²) >= 11 is 0. The van der Waals surface area contributed by atoms with Gasteiger partial charge in [-0.15, -0.1) is 5.10 Å². The first-order valence-electron chi connectivity index (χ1n) is 11.6. The third kappa shape index (κ3) is 3.20. The van der Waals surface area contributed by atoms with E-state index in [1.807, 2.05) is 24.4 Å². The second-order valence-electron chi connectivity index (χ2n) is 8.49. The zero-order valence-electron chi connectivity index (χ0n) is 19.1. The van der Waals surface area contributed by atoms with E-state index >= 15 is 0 Å². The van der Waals surface area contributed by atoms with Crippen molar-refractivity contribution >= 4 is 28.5 Å². The summed E-state index contributed by atoms with van der Waals surface area (Å²) in [6, 6.07) is 20.8. The van der Waals surface area contributed by atoms with E-state index in [4.69, 9.17) is 9.97 Å².